The van der Waals surface area contributed by atoms with Gasteiger partial charge in [0.2, 0.25) is 0 Å². The van der Waals surface area contributed by atoms with Crippen LogP contribution in [0.15, 0.2) is 28.7 Å². The van der Waals surface area contributed by atoms with Gasteiger partial charge in [-0.05, 0) is 18.6 Å². The lowest BCUT2D eigenvalue weighted by molar-refractivity contribution is 0.0485. The van der Waals surface area contributed by atoms with Crippen molar-refractivity contribution in [2.24, 2.45) is 5.73 Å². The molecule has 0 aliphatic rings. The average Bonchev–Trinajstić information content (AvgIpc) is 2.45. The second-order valence-corrected chi connectivity index (χ2v) is 5.66. The van der Waals surface area contributed by atoms with Crippen LogP contribution in [0.1, 0.15) is 18.5 Å². The van der Waals surface area contributed by atoms with Gasteiger partial charge in [-0.15, -0.1) is 0 Å². The fourth-order valence-electron chi connectivity index (χ4n) is 2.40. The van der Waals surface area contributed by atoms with Crippen LogP contribution in [0.5, 0.6) is 0 Å². The third-order valence-electron chi connectivity index (χ3n) is 3.42. The number of nitrogens with two attached hydrogens (primary N) is 1. The largest absolute Gasteiger partial charge is 0.383 e. The van der Waals surface area contributed by atoms with Crippen molar-refractivity contribution in [3.8, 4) is 0 Å². The highest BCUT2D eigenvalue weighted by molar-refractivity contribution is 9.10. The summed E-state index contributed by atoms with van der Waals surface area (Å²) in [5, 5.41) is 0. The molecule has 0 spiro atoms. The van der Waals surface area contributed by atoms with E-state index in [9.17, 15) is 0 Å². The zero-order chi connectivity index (χ0) is 15.0. The summed E-state index contributed by atoms with van der Waals surface area (Å²) in [6.45, 7) is 4.88. The Morgan fingerprint density at radius 1 is 1.25 bits per heavy atom. The van der Waals surface area contributed by atoms with Crippen molar-refractivity contribution in [1.82, 2.24) is 4.90 Å². The second-order valence-electron chi connectivity index (χ2n) is 4.81. The molecule has 2 N–H and O–H groups in total. The van der Waals surface area contributed by atoms with Gasteiger partial charge in [0.1, 0.15) is 0 Å². The summed E-state index contributed by atoms with van der Waals surface area (Å²) in [4.78, 5) is 2.34. The summed E-state index contributed by atoms with van der Waals surface area (Å²) < 4.78 is 11.6. The van der Waals surface area contributed by atoms with Crippen molar-refractivity contribution in [2.45, 2.75) is 19.0 Å². The Hall–Kier alpha value is -0.460. The Bertz CT molecular complexity index is 390. The topological polar surface area (TPSA) is 47.7 Å². The molecule has 1 aromatic carbocycles. The van der Waals surface area contributed by atoms with E-state index in [0.717, 1.165) is 11.0 Å². The minimum atomic E-state index is 0.144. The van der Waals surface area contributed by atoms with E-state index in [4.69, 9.17) is 15.2 Å². The fourth-order valence-corrected chi connectivity index (χ4v) is 2.95. The van der Waals surface area contributed by atoms with Crippen LogP contribution in [0.2, 0.25) is 0 Å². The Morgan fingerprint density at radius 3 is 2.50 bits per heavy atom. The molecule has 0 amide bonds. The first-order chi connectivity index (χ1) is 9.65. The van der Waals surface area contributed by atoms with Crippen LogP contribution in [0.3, 0.4) is 0 Å². The molecule has 0 radical (unpaired) electrons. The third kappa shape index (κ3) is 4.82. The summed E-state index contributed by atoms with van der Waals surface area (Å²) >= 11 is 3.62. The fraction of sp³-hybridized carbons (Fsp3) is 0.600. The molecule has 0 aliphatic heterocycles. The smallest absolute Gasteiger partial charge is 0.0615 e. The van der Waals surface area contributed by atoms with Crippen LogP contribution >= 0.6 is 15.9 Å². The van der Waals surface area contributed by atoms with E-state index in [0.29, 0.717) is 19.8 Å². The maximum atomic E-state index is 6.04. The zero-order valence-corrected chi connectivity index (χ0v) is 14.1. The predicted molar refractivity (Wildman–Crippen MR) is 85.9 cm³/mol. The highest BCUT2D eigenvalue weighted by Crippen LogP contribution is 2.28. The lowest BCUT2D eigenvalue weighted by Gasteiger charge is -2.36. The van der Waals surface area contributed by atoms with Crippen LogP contribution in [0.4, 0.5) is 0 Å². The van der Waals surface area contributed by atoms with Crippen molar-refractivity contribution in [3.05, 3.63) is 34.3 Å². The first-order valence-electron chi connectivity index (χ1n) is 6.83. The normalized spacial score (nSPS) is 14.5. The number of ether oxygens (including phenoxy) is 2. The molecular formula is C15H25BrN2O2. The van der Waals surface area contributed by atoms with E-state index < -0.39 is 0 Å². The van der Waals surface area contributed by atoms with Gasteiger partial charge >= 0.3 is 0 Å². The SMILES string of the molecule is COCCN(C(C)COC)C(CN)c1ccccc1Br. The lowest BCUT2D eigenvalue weighted by Crippen LogP contribution is -2.44. The highest BCUT2D eigenvalue weighted by Gasteiger charge is 2.25. The van der Waals surface area contributed by atoms with Crippen molar-refractivity contribution < 1.29 is 9.47 Å². The van der Waals surface area contributed by atoms with Crippen molar-refractivity contribution in [3.63, 3.8) is 0 Å². The van der Waals surface area contributed by atoms with Gasteiger partial charge in [-0.1, -0.05) is 34.1 Å². The summed E-state index contributed by atoms with van der Waals surface area (Å²) in [5.41, 5.74) is 7.24. The summed E-state index contributed by atoms with van der Waals surface area (Å²) in [6.07, 6.45) is 0. The van der Waals surface area contributed by atoms with E-state index in [1.54, 1.807) is 14.2 Å². The minimum Gasteiger partial charge on any atom is -0.383 e. The van der Waals surface area contributed by atoms with E-state index in [-0.39, 0.29) is 12.1 Å². The molecule has 20 heavy (non-hydrogen) atoms. The van der Waals surface area contributed by atoms with Gasteiger partial charge in [0.25, 0.3) is 0 Å². The lowest BCUT2D eigenvalue weighted by atomic mass is 10.0. The number of hydrogen-bond acceptors (Lipinski definition) is 4. The molecule has 0 aliphatic carbocycles. The molecule has 0 saturated carbocycles. The van der Waals surface area contributed by atoms with Crippen LogP contribution in [-0.4, -0.2) is 51.5 Å². The average molecular weight is 345 g/mol. The first kappa shape index (κ1) is 17.6. The molecule has 114 valence electrons. The van der Waals surface area contributed by atoms with Gasteiger partial charge in [-0.3, -0.25) is 4.90 Å². The van der Waals surface area contributed by atoms with Crippen molar-refractivity contribution in [1.29, 1.82) is 0 Å². The maximum Gasteiger partial charge on any atom is 0.0615 e. The summed E-state index contributed by atoms with van der Waals surface area (Å²) in [6, 6.07) is 8.63. The third-order valence-corrected chi connectivity index (χ3v) is 4.14. The second kappa shape index (κ2) is 9.47. The van der Waals surface area contributed by atoms with E-state index in [2.05, 4.69) is 33.8 Å². The number of halogens is 1. The van der Waals surface area contributed by atoms with Gasteiger partial charge < -0.3 is 15.2 Å². The monoisotopic (exact) mass is 344 g/mol. The molecule has 4 nitrogen and oxygen atoms in total. The molecule has 2 unspecified atom stereocenters. The van der Waals surface area contributed by atoms with Gasteiger partial charge in [0.15, 0.2) is 0 Å². The van der Waals surface area contributed by atoms with Gasteiger partial charge in [0.05, 0.1) is 13.2 Å². The van der Waals surface area contributed by atoms with Gasteiger partial charge in [-0.25, -0.2) is 0 Å². The molecule has 5 heteroatoms. The number of benzene rings is 1. The van der Waals surface area contributed by atoms with Gasteiger partial charge in [0, 0.05) is 43.9 Å². The minimum absolute atomic E-state index is 0.144. The zero-order valence-electron chi connectivity index (χ0n) is 12.5. The summed E-state index contributed by atoms with van der Waals surface area (Å²) in [7, 11) is 3.44. The van der Waals surface area contributed by atoms with Gasteiger partial charge in [-0.2, -0.15) is 0 Å². The molecule has 0 heterocycles. The quantitative estimate of drug-likeness (QED) is 0.747. The van der Waals surface area contributed by atoms with E-state index in [1.807, 2.05) is 18.2 Å². The van der Waals surface area contributed by atoms with E-state index in [1.165, 1.54) is 5.56 Å². The highest BCUT2D eigenvalue weighted by atomic mass is 79.9. The van der Waals surface area contributed by atoms with Crippen LogP contribution in [0, 0.1) is 0 Å². The molecule has 2 atom stereocenters. The Labute approximate surface area is 130 Å². The number of hydrogen-bond donors (Lipinski definition) is 1. The van der Waals surface area contributed by atoms with Crippen molar-refractivity contribution in [2.75, 3.05) is 40.5 Å². The Balaban J connectivity index is 2.97. The predicted octanol–water partition coefficient (Wildman–Crippen LogP) is 2.43. The summed E-state index contributed by atoms with van der Waals surface area (Å²) in [5.74, 6) is 0. The number of methoxy groups -OCH3 is 2. The molecule has 0 aromatic heterocycles. The van der Waals surface area contributed by atoms with Crippen LogP contribution < -0.4 is 5.73 Å². The van der Waals surface area contributed by atoms with Crippen LogP contribution in [0.25, 0.3) is 0 Å². The standard InChI is InChI=1S/C15H25BrN2O2/c1-12(11-20-3)18(8-9-19-2)15(10-17)13-6-4-5-7-14(13)16/h4-7,12,15H,8-11,17H2,1-3H3. The molecule has 1 aromatic rings. The van der Waals surface area contributed by atoms with Crippen LogP contribution in [-0.2, 0) is 9.47 Å². The molecule has 0 fully saturated rings. The number of rotatable bonds is 9. The number of nitrogens with zero attached hydrogens (tertiary/aromatic N) is 1. The van der Waals surface area contributed by atoms with Crippen molar-refractivity contribution >= 4 is 15.9 Å². The molecule has 0 bridgehead atoms. The molecular weight excluding hydrogens is 320 g/mol. The maximum absolute atomic E-state index is 6.04. The molecule has 0 saturated heterocycles. The van der Waals surface area contributed by atoms with E-state index >= 15 is 0 Å². The first-order valence-corrected chi connectivity index (χ1v) is 7.63. The Kier molecular flexibility index (Phi) is 8.33. The Morgan fingerprint density at radius 2 is 1.95 bits per heavy atom. The molecule has 1 rings (SSSR count).